The van der Waals surface area contributed by atoms with E-state index in [1.807, 2.05) is 0 Å². The highest BCUT2D eigenvalue weighted by Crippen LogP contribution is 2.04. The SMILES string of the molecule is CCC(C)NCCCCCCCNCCCCCCCNC(C)CC. The van der Waals surface area contributed by atoms with Gasteiger partial charge >= 0.3 is 0 Å². The Balaban J connectivity index is 3.03. The Morgan fingerprint density at radius 1 is 0.480 bits per heavy atom. The molecule has 0 fully saturated rings. The minimum absolute atomic E-state index is 0.686. The van der Waals surface area contributed by atoms with Gasteiger partial charge in [-0.2, -0.15) is 0 Å². The molecular formula is C22H49N3. The van der Waals surface area contributed by atoms with Crippen LogP contribution in [-0.4, -0.2) is 38.3 Å². The van der Waals surface area contributed by atoms with Crippen molar-refractivity contribution in [1.29, 1.82) is 0 Å². The van der Waals surface area contributed by atoms with E-state index in [9.17, 15) is 0 Å². The summed E-state index contributed by atoms with van der Waals surface area (Å²) >= 11 is 0. The molecule has 3 heteroatoms. The van der Waals surface area contributed by atoms with Gasteiger partial charge in [-0.3, -0.25) is 0 Å². The van der Waals surface area contributed by atoms with Gasteiger partial charge in [-0.1, -0.05) is 52.4 Å². The fourth-order valence-corrected chi connectivity index (χ4v) is 2.92. The van der Waals surface area contributed by atoms with Gasteiger partial charge in [0.1, 0.15) is 0 Å². The third-order valence-electron chi connectivity index (χ3n) is 5.27. The van der Waals surface area contributed by atoms with Gasteiger partial charge < -0.3 is 16.0 Å². The van der Waals surface area contributed by atoms with Crippen molar-refractivity contribution in [2.75, 3.05) is 26.2 Å². The molecule has 0 aliphatic rings. The van der Waals surface area contributed by atoms with Crippen LogP contribution in [0.1, 0.15) is 105 Å². The first-order valence-corrected chi connectivity index (χ1v) is 11.4. The highest BCUT2D eigenvalue weighted by Gasteiger charge is 1.97. The van der Waals surface area contributed by atoms with E-state index in [-0.39, 0.29) is 0 Å². The molecule has 0 aliphatic carbocycles. The second-order valence-electron chi connectivity index (χ2n) is 7.81. The average Bonchev–Trinajstić information content (AvgIpc) is 2.63. The van der Waals surface area contributed by atoms with Crippen molar-refractivity contribution in [3.8, 4) is 0 Å². The maximum Gasteiger partial charge on any atom is 0.00360 e. The van der Waals surface area contributed by atoms with E-state index >= 15 is 0 Å². The summed E-state index contributed by atoms with van der Waals surface area (Å²) in [6.07, 6.45) is 16.2. The summed E-state index contributed by atoms with van der Waals surface area (Å²) in [7, 11) is 0. The van der Waals surface area contributed by atoms with E-state index in [0.717, 1.165) is 0 Å². The first-order valence-electron chi connectivity index (χ1n) is 11.4. The number of hydrogen-bond acceptors (Lipinski definition) is 3. The smallest absolute Gasteiger partial charge is 0.00360 e. The summed E-state index contributed by atoms with van der Waals surface area (Å²) in [6, 6.07) is 1.37. The molecule has 0 radical (unpaired) electrons. The maximum absolute atomic E-state index is 3.61. The second-order valence-corrected chi connectivity index (χ2v) is 7.81. The van der Waals surface area contributed by atoms with E-state index in [1.165, 1.54) is 103 Å². The molecule has 0 aromatic heterocycles. The lowest BCUT2D eigenvalue weighted by Gasteiger charge is -2.11. The largest absolute Gasteiger partial charge is 0.317 e. The summed E-state index contributed by atoms with van der Waals surface area (Å²) in [5.74, 6) is 0. The van der Waals surface area contributed by atoms with Gasteiger partial charge in [0, 0.05) is 12.1 Å². The Morgan fingerprint density at radius 2 is 0.800 bits per heavy atom. The van der Waals surface area contributed by atoms with Crippen LogP contribution in [0.4, 0.5) is 0 Å². The Bertz CT molecular complexity index is 221. The molecule has 0 aromatic carbocycles. The third-order valence-corrected chi connectivity index (χ3v) is 5.27. The third kappa shape index (κ3) is 20.0. The van der Waals surface area contributed by atoms with E-state index in [2.05, 4.69) is 43.6 Å². The number of rotatable bonds is 20. The Hall–Kier alpha value is -0.120. The molecule has 0 heterocycles. The number of unbranched alkanes of at least 4 members (excludes halogenated alkanes) is 8. The molecule has 0 rings (SSSR count). The van der Waals surface area contributed by atoms with Crippen LogP contribution in [0.25, 0.3) is 0 Å². The van der Waals surface area contributed by atoms with E-state index in [1.54, 1.807) is 0 Å². The van der Waals surface area contributed by atoms with E-state index in [0.29, 0.717) is 12.1 Å². The zero-order chi connectivity index (χ0) is 18.6. The summed E-state index contributed by atoms with van der Waals surface area (Å²) in [6.45, 7) is 13.9. The quantitative estimate of drug-likeness (QED) is 0.261. The van der Waals surface area contributed by atoms with Crippen LogP contribution >= 0.6 is 0 Å². The fourth-order valence-electron chi connectivity index (χ4n) is 2.92. The van der Waals surface area contributed by atoms with Gasteiger partial charge in [-0.15, -0.1) is 0 Å². The predicted molar refractivity (Wildman–Crippen MR) is 115 cm³/mol. The van der Waals surface area contributed by atoms with Crippen LogP contribution < -0.4 is 16.0 Å². The summed E-state index contributed by atoms with van der Waals surface area (Å²) < 4.78 is 0. The molecule has 152 valence electrons. The van der Waals surface area contributed by atoms with Gasteiger partial charge in [-0.05, 0) is 78.6 Å². The van der Waals surface area contributed by atoms with E-state index < -0.39 is 0 Å². The zero-order valence-electron chi connectivity index (χ0n) is 18.0. The number of nitrogens with one attached hydrogen (secondary N) is 3. The predicted octanol–water partition coefficient (Wildman–Crippen LogP) is 5.25. The lowest BCUT2D eigenvalue weighted by molar-refractivity contribution is 0.496. The zero-order valence-corrected chi connectivity index (χ0v) is 18.0. The number of hydrogen-bond donors (Lipinski definition) is 3. The van der Waals surface area contributed by atoms with Gasteiger partial charge in [-0.25, -0.2) is 0 Å². The fraction of sp³-hybridized carbons (Fsp3) is 1.00. The maximum atomic E-state index is 3.61. The highest BCUT2D eigenvalue weighted by atomic mass is 14.9. The lowest BCUT2D eigenvalue weighted by atomic mass is 10.1. The first kappa shape index (κ1) is 24.9. The molecule has 0 amide bonds. The van der Waals surface area contributed by atoms with Gasteiger partial charge in [0.25, 0.3) is 0 Å². The van der Waals surface area contributed by atoms with Crippen molar-refractivity contribution in [3.63, 3.8) is 0 Å². The van der Waals surface area contributed by atoms with Crippen LogP contribution in [0.15, 0.2) is 0 Å². The lowest BCUT2D eigenvalue weighted by Crippen LogP contribution is -2.25. The topological polar surface area (TPSA) is 36.1 Å². The minimum atomic E-state index is 0.686. The second kappa shape index (κ2) is 20.2. The summed E-state index contributed by atoms with van der Waals surface area (Å²) in [5, 5.41) is 10.8. The molecule has 2 atom stereocenters. The van der Waals surface area contributed by atoms with Gasteiger partial charge in [0.2, 0.25) is 0 Å². The normalized spacial score (nSPS) is 13.9. The standard InChI is InChI=1S/C22H49N3/c1-5-21(3)24-19-15-11-7-9-13-17-23-18-14-10-8-12-16-20-25-22(4)6-2/h21-25H,5-20H2,1-4H3. The van der Waals surface area contributed by atoms with Crippen LogP contribution in [0.2, 0.25) is 0 Å². The molecule has 2 unspecified atom stereocenters. The highest BCUT2D eigenvalue weighted by molar-refractivity contribution is 4.59. The average molecular weight is 356 g/mol. The Kier molecular flexibility index (Phi) is 20.1. The summed E-state index contributed by atoms with van der Waals surface area (Å²) in [4.78, 5) is 0. The molecule has 0 aromatic rings. The van der Waals surface area contributed by atoms with Crippen LogP contribution in [0, 0.1) is 0 Å². The first-order chi connectivity index (χ1) is 12.2. The summed E-state index contributed by atoms with van der Waals surface area (Å²) in [5.41, 5.74) is 0. The van der Waals surface area contributed by atoms with Crippen molar-refractivity contribution in [3.05, 3.63) is 0 Å². The Labute approximate surface area is 159 Å². The minimum Gasteiger partial charge on any atom is -0.317 e. The molecule has 0 spiro atoms. The molecule has 0 saturated heterocycles. The van der Waals surface area contributed by atoms with Crippen LogP contribution in [0.5, 0.6) is 0 Å². The van der Waals surface area contributed by atoms with Crippen LogP contribution in [-0.2, 0) is 0 Å². The molecule has 0 bridgehead atoms. The van der Waals surface area contributed by atoms with Crippen LogP contribution in [0.3, 0.4) is 0 Å². The van der Waals surface area contributed by atoms with Crippen molar-refractivity contribution < 1.29 is 0 Å². The molecular weight excluding hydrogens is 306 g/mol. The van der Waals surface area contributed by atoms with Crippen molar-refractivity contribution in [2.45, 2.75) is 117 Å². The van der Waals surface area contributed by atoms with E-state index in [4.69, 9.17) is 0 Å². The molecule has 3 nitrogen and oxygen atoms in total. The van der Waals surface area contributed by atoms with Crippen molar-refractivity contribution in [2.24, 2.45) is 0 Å². The van der Waals surface area contributed by atoms with Gasteiger partial charge in [0.15, 0.2) is 0 Å². The monoisotopic (exact) mass is 355 g/mol. The molecule has 0 saturated carbocycles. The van der Waals surface area contributed by atoms with Crippen molar-refractivity contribution >= 4 is 0 Å². The molecule has 0 aliphatic heterocycles. The molecule has 3 N–H and O–H groups in total. The van der Waals surface area contributed by atoms with Gasteiger partial charge in [0.05, 0.1) is 0 Å². The molecule has 25 heavy (non-hydrogen) atoms. The Morgan fingerprint density at radius 3 is 1.16 bits per heavy atom. The van der Waals surface area contributed by atoms with Crippen molar-refractivity contribution in [1.82, 2.24) is 16.0 Å².